The van der Waals surface area contributed by atoms with E-state index >= 15 is 0 Å². The van der Waals surface area contributed by atoms with Crippen molar-refractivity contribution in [2.45, 2.75) is 6.92 Å². The van der Waals surface area contributed by atoms with Crippen molar-refractivity contribution in [2.24, 2.45) is 0 Å². The third kappa shape index (κ3) is 2.87. The minimum atomic E-state index is -0.545. The Labute approximate surface area is 132 Å². The number of ketones is 1. The van der Waals surface area contributed by atoms with Crippen molar-refractivity contribution < 1.29 is 14.4 Å². The Morgan fingerprint density at radius 3 is 2.61 bits per heavy atom. The van der Waals surface area contributed by atoms with Gasteiger partial charge in [0.05, 0.1) is 5.69 Å². The van der Waals surface area contributed by atoms with Gasteiger partial charge in [0.15, 0.2) is 5.78 Å². The molecule has 1 aliphatic rings. The van der Waals surface area contributed by atoms with Gasteiger partial charge in [0.1, 0.15) is 5.70 Å². The summed E-state index contributed by atoms with van der Waals surface area (Å²) in [5, 5.41) is 2.54. The molecule has 1 N–H and O–H groups in total. The van der Waals surface area contributed by atoms with Crippen molar-refractivity contribution in [3.05, 3.63) is 65.6 Å². The first-order valence-corrected chi connectivity index (χ1v) is 6.94. The third-order valence-electron chi connectivity index (χ3n) is 3.41. The van der Waals surface area contributed by atoms with Crippen molar-refractivity contribution >= 4 is 29.5 Å². The van der Waals surface area contributed by atoms with Gasteiger partial charge in [-0.1, -0.05) is 12.1 Å². The van der Waals surface area contributed by atoms with E-state index < -0.39 is 11.9 Å². The largest absolute Gasteiger partial charge is 0.333 e. The van der Waals surface area contributed by atoms with Crippen LogP contribution in [0.25, 0.3) is 6.08 Å². The number of aromatic nitrogens is 1. The van der Waals surface area contributed by atoms with E-state index in [1.54, 1.807) is 48.8 Å². The zero-order chi connectivity index (χ0) is 16.4. The minimum Gasteiger partial charge on any atom is -0.302 e. The number of hydrogen-bond acceptors (Lipinski definition) is 4. The molecule has 3 amide bonds. The fourth-order valence-electron chi connectivity index (χ4n) is 2.26. The Morgan fingerprint density at radius 2 is 1.91 bits per heavy atom. The van der Waals surface area contributed by atoms with Crippen LogP contribution >= 0.6 is 0 Å². The molecule has 3 rings (SSSR count). The quantitative estimate of drug-likeness (QED) is 0.536. The second-order valence-corrected chi connectivity index (χ2v) is 5.02. The number of urea groups is 1. The van der Waals surface area contributed by atoms with Crippen LogP contribution in [0.1, 0.15) is 22.8 Å². The molecule has 2 heterocycles. The number of anilines is 1. The summed E-state index contributed by atoms with van der Waals surface area (Å²) in [4.78, 5) is 41.0. The number of nitrogens with one attached hydrogen (secondary N) is 1. The number of carbonyl (C=O) groups is 3. The Morgan fingerprint density at radius 1 is 1.17 bits per heavy atom. The highest BCUT2D eigenvalue weighted by molar-refractivity contribution is 6.28. The fourth-order valence-corrected chi connectivity index (χ4v) is 2.26. The SMILES string of the molecule is CC(=O)c1cccc(N2C(=O)N/C(=C\c3ccncc3)C2=O)c1. The monoisotopic (exact) mass is 307 g/mol. The Bertz CT molecular complexity index is 828. The predicted octanol–water partition coefficient (Wildman–Crippen LogP) is 2.38. The van der Waals surface area contributed by atoms with Crippen LogP contribution in [0.3, 0.4) is 0 Å². The van der Waals surface area contributed by atoms with Gasteiger partial charge in [0.2, 0.25) is 0 Å². The van der Waals surface area contributed by atoms with Gasteiger partial charge in [-0.25, -0.2) is 9.69 Å². The highest BCUT2D eigenvalue weighted by Crippen LogP contribution is 2.23. The zero-order valence-corrected chi connectivity index (χ0v) is 12.3. The summed E-state index contributed by atoms with van der Waals surface area (Å²) in [5.41, 5.74) is 1.73. The lowest BCUT2D eigenvalue weighted by atomic mass is 10.1. The molecular weight excluding hydrogens is 294 g/mol. The van der Waals surface area contributed by atoms with Gasteiger partial charge >= 0.3 is 6.03 Å². The molecule has 0 spiro atoms. The smallest absolute Gasteiger partial charge is 0.302 e. The standard InChI is InChI=1S/C17H13N3O3/c1-11(21)13-3-2-4-14(10-13)20-16(22)15(19-17(20)23)9-12-5-7-18-8-6-12/h2-10H,1H3,(H,19,23)/b15-9-. The topological polar surface area (TPSA) is 79.4 Å². The van der Waals surface area contributed by atoms with Crippen LogP contribution < -0.4 is 10.2 Å². The van der Waals surface area contributed by atoms with Crippen LogP contribution in [0.2, 0.25) is 0 Å². The molecule has 0 aliphatic carbocycles. The molecule has 6 nitrogen and oxygen atoms in total. The summed E-state index contributed by atoms with van der Waals surface area (Å²) in [6.45, 7) is 1.43. The molecule has 1 saturated heterocycles. The average Bonchev–Trinajstić information content (AvgIpc) is 2.82. The Hall–Kier alpha value is -3.28. The van der Waals surface area contributed by atoms with Crippen molar-refractivity contribution in [3.8, 4) is 0 Å². The van der Waals surface area contributed by atoms with E-state index in [4.69, 9.17) is 0 Å². The van der Waals surface area contributed by atoms with E-state index in [-0.39, 0.29) is 11.5 Å². The highest BCUT2D eigenvalue weighted by Gasteiger charge is 2.34. The first kappa shape index (κ1) is 14.6. The van der Waals surface area contributed by atoms with Crippen LogP contribution in [0.4, 0.5) is 10.5 Å². The van der Waals surface area contributed by atoms with E-state index in [9.17, 15) is 14.4 Å². The van der Waals surface area contributed by atoms with Gasteiger partial charge < -0.3 is 5.32 Å². The predicted molar refractivity (Wildman–Crippen MR) is 84.7 cm³/mol. The van der Waals surface area contributed by atoms with Crippen molar-refractivity contribution in [2.75, 3.05) is 4.90 Å². The molecule has 0 radical (unpaired) electrons. The zero-order valence-electron chi connectivity index (χ0n) is 12.3. The molecule has 0 saturated carbocycles. The van der Waals surface area contributed by atoms with Crippen LogP contribution in [0.15, 0.2) is 54.5 Å². The number of benzene rings is 1. The number of nitrogens with zero attached hydrogens (tertiary/aromatic N) is 2. The number of amides is 3. The van der Waals surface area contributed by atoms with E-state index in [2.05, 4.69) is 10.3 Å². The number of pyridine rings is 1. The molecule has 2 aromatic rings. The summed E-state index contributed by atoms with van der Waals surface area (Å²) >= 11 is 0. The Kier molecular flexibility index (Phi) is 3.72. The van der Waals surface area contributed by atoms with Crippen molar-refractivity contribution in [3.63, 3.8) is 0 Å². The number of Topliss-reactive ketones (excluding diaryl/α,β-unsaturated/α-hetero) is 1. The molecule has 1 fully saturated rings. The van der Waals surface area contributed by atoms with Gasteiger partial charge in [-0.3, -0.25) is 14.6 Å². The van der Waals surface area contributed by atoms with Gasteiger partial charge in [-0.05, 0) is 42.8 Å². The average molecular weight is 307 g/mol. The lowest BCUT2D eigenvalue weighted by Crippen LogP contribution is -2.30. The van der Waals surface area contributed by atoms with E-state index in [0.29, 0.717) is 11.3 Å². The summed E-state index contributed by atoms with van der Waals surface area (Å²) < 4.78 is 0. The molecule has 1 aromatic carbocycles. The molecule has 1 aromatic heterocycles. The normalized spacial score (nSPS) is 15.9. The second-order valence-electron chi connectivity index (χ2n) is 5.02. The van der Waals surface area contributed by atoms with Crippen molar-refractivity contribution in [1.82, 2.24) is 10.3 Å². The molecule has 0 unspecified atom stereocenters. The Balaban J connectivity index is 1.95. The van der Waals surface area contributed by atoms with E-state index in [1.165, 1.54) is 13.0 Å². The summed E-state index contributed by atoms with van der Waals surface area (Å²) in [6, 6.07) is 9.32. The number of hydrogen-bond donors (Lipinski definition) is 1. The molecular formula is C17H13N3O3. The van der Waals surface area contributed by atoms with E-state index in [1.807, 2.05) is 0 Å². The van der Waals surface area contributed by atoms with Crippen LogP contribution in [0, 0.1) is 0 Å². The molecule has 0 bridgehead atoms. The lowest BCUT2D eigenvalue weighted by Gasteiger charge is -2.12. The molecule has 23 heavy (non-hydrogen) atoms. The summed E-state index contributed by atoms with van der Waals surface area (Å²) in [5.74, 6) is -0.598. The highest BCUT2D eigenvalue weighted by atomic mass is 16.2. The molecule has 1 aliphatic heterocycles. The van der Waals surface area contributed by atoms with E-state index in [0.717, 1.165) is 10.5 Å². The van der Waals surface area contributed by atoms with Crippen LogP contribution in [-0.4, -0.2) is 22.7 Å². The van der Waals surface area contributed by atoms with Gasteiger partial charge in [-0.2, -0.15) is 0 Å². The van der Waals surface area contributed by atoms with Gasteiger partial charge in [-0.15, -0.1) is 0 Å². The minimum absolute atomic E-state index is 0.133. The third-order valence-corrected chi connectivity index (χ3v) is 3.41. The fraction of sp³-hybridized carbons (Fsp3) is 0.0588. The number of carbonyl (C=O) groups excluding carboxylic acids is 3. The maximum absolute atomic E-state index is 12.5. The second kappa shape index (κ2) is 5.84. The molecule has 6 heteroatoms. The first-order chi connectivity index (χ1) is 11.1. The summed E-state index contributed by atoms with van der Waals surface area (Å²) in [6.07, 6.45) is 4.78. The summed E-state index contributed by atoms with van der Waals surface area (Å²) in [7, 11) is 0. The van der Waals surface area contributed by atoms with Gasteiger partial charge in [0.25, 0.3) is 5.91 Å². The number of imide groups is 1. The molecule has 0 atom stereocenters. The van der Waals surface area contributed by atoms with Gasteiger partial charge in [0, 0.05) is 18.0 Å². The van der Waals surface area contributed by atoms with Crippen LogP contribution in [0.5, 0.6) is 0 Å². The molecule has 114 valence electrons. The van der Waals surface area contributed by atoms with Crippen molar-refractivity contribution in [1.29, 1.82) is 0 Å². The maximum atomic E-state index is 12.5. The maximum Gasteiger partial charge on any atom is 0.333 e. The number of rotatable bonds is 3. The lowest BCUT2D eigenvalue weighted by molar-refractivity contribution is -0.113. The van der Waals surface area contributed by atoms with Crippen LogP contribution in [-0.2, 0) is 4.79 Å². The first-order valence-electron chi connectivity index (χ1n) is 6.94.